The van der Waals surface area contributed by atoms with Crippen molar-refractivity contribution in [1.29, 1.82) is 0 Å². The molecule has 0 saturated carbocycles. The van der Waals surface area contributed by atoms with Crippen LogP contribution in [0.25, 0.3) is 21.5 Å². The van der Waals surface area contributed by atoms with Crippen molar-refractivity contribution in [3.63, 3.8) is 0 Å². The number of nitrogens with zero attached hydrogens (tertiary/aromatic N) is 2. The van der Waals surface area contributed by atoms with Gasteiger partial charge in [0.25, 0.3) is 17.4 Å². The topological polar surface area (TPSA) is 93.1 Å². The van der Waals surface area contributed by atoms with Gasteiger partial charge in [0, 0.05) is 17.0 Å². The van der Waals surface area contributed by atoms with Crippen molar-refractivity contribution in [3.8, 4) is 10.4 Å². The van der Waals surface area contributed by atoms with E-state index >= 15 is 0 Å². The van der Waals surface area contributed by atoms with E-state index in [4.69, 9.17) is 0 Å². The van der Waals surface area contributed by atoms with Crippen molar-refractivity contribution in [2.75, 3.05) is 0 Å². The second-order valence-corrected chi connectivity index (χ2v) is 8.11. The van der Waals surface area contributed by atoms with Gasteiger partial charge in [-0.3, -0.25) is 25.2 Å². The smallest absolute Gasteiger partial charge is 0.279 e. The van der Waals surface area contributed by atoms with Crippen LogP contribution in [0, 0.1) is 12.7 Å². The molecule has 0 spiro atoms. The highest BCUT2D eigenvalue weighted by molar-refractivity contribution is 7.17. The average Bonchev–Trinajstić information content (AvgIpc) is 3.29. The third kappa shape index (κ3) is 4.15. The lowest BCUT2D eigenvalue weighted by molar-refractivity contribution is 0.0849. The number of rotatable bonds is 4. The Morgan fingerprint density at radius 1 is 1.03 bits per heavy atom. The lowest BCUT2D eigenvalue weighted by atomic mass is 10.1. The molecule has 0 aliphatic heterocycles. The highest BCUT2D eigenvalue weighted by atomic mass is 32.1. The third-order valence-electron chi connectivity index (χ3n) is 4.94. The maximum atomic E-state index is 13.1. The largest absolute Gasteiger partial charge is 0.305 e. The van der Waals surface area contributed by atoms with E-state index in [1.807, 2.05) is 6.92 Å². The predicted molar refractivity (Wildman–Crippen MR) is 121 cm³/mol. The molecule has 0 radical (unpaired) electrons. The molecule has 7 nitrogen and oxygen atoms in total. The summed E-state index contributed by atoms with van der Waals surface area (Å²) in [6, 6.07) is 14.2. The van der Waals surface area contributed by atoms with Crippen molar-refractivity contribution in [2.45, 2.75) is 20.4 Å². The Hall–Kier alpha value is -3.85. The van der Waals surface area contributed by atoms with E-state index in [0.717, 1.165) is 10.4 Å². The first-order valence-electron chi connectivity index (χ1n) is 9.85. The summed E-state index contributed by atoms with van der Waals surface area (Å²) in [6.07, 6.45) is 0. The number of nitrogens with one attached hydrogen (secondary N) is 2. The van der Waals surface area contributed by atoms with Gasteiger partial charge < -0.3 is 4.57 Å². The average molecular weight is 450 g/mol. The summed E-state index contributed by atoms with van der Waals surface area (Å²) in [4.78, 5) is 42.7. The molecule has 2 N–H and O–H groups in total. The molecule has 32 heavy (non-hydrogen) atoms. The van der Waals surface area contributed by atoms with Gasteiger partial charge in [0.1, 0.15) is 11.5 Å². The minimum atomic E-state index is -0.510. The zero-order valence-electron chi connectivity index (χ0n) is 17.3. The van der Waals surface area contributed by atoms with Crippen LogP contribution in [0.1, 0.15) is 32.6 Å². The fourth-order valence-electron chi connectivity index (χ4n) is 3.31. The number of aryl methyl sites for hydroxylation is 2. The Bertz CT molecular complexity index is 1390. The van der Waals surface area contributed by atoms with Crippen molar-refractivity contribution >= 4 is 34.2 Å². The zero-order valence-corrected chi connectivity index (χ0v) is 18.1. The lowest BCUT2D eigenvalue weighted by Crippen LogP contribution is -2.41. The number of hydrogen-bond donors (Lipinski definition) is 2. The number of fused-ring (bicyclic) bond motifs is 1. The molecule has 9 heteroatoms. The number of hydrazine groups is 1. The van der Waals surface area contributed by atoms with Gasteiger partial charge in [0.2, 0.25) is 0 Å². The number of carbonyl (C=O) groups is 2. The first kappa shape index (κ1) is 21.4. The van der Waals surface area contributed by atoms with Crippen LogP contribution in [0.4, 0.5) is 4.39 Å². The summed E-state index contributed by atoms with van der Waals surface area (Å²) >= 11 is 1.23. The quantitative estimate of drug-likeness (QED) is 0.464. The second-order valence-electron chi connectivity index (χ2n) is 7.03. The zero-order chi connectivity index (χ0) is 22.8. The number of halogens is 1. The first-order valence-corrected chi connectivity index (χ1v) is 10.7. The highest BCUT2D eigenvalue weighted by Gasteiger charge is 2.14. The van der Waals surface area contributed by atoms with Crippen molar-refractivity contribution in [2.24, 2.45) is 0 Å². The standard InChI is InChI=1S/C23H19FN4O3S/c1-3-28-18-9-6-15(12-17(18)25-13(2)23(28)31)21(29)26-27-22(30)20-11-10-19(32-20)14-4-7-16(24)8-5-14/h4-12H,3H2,1-2H3,(H,26,29)(H,27,30). The molecule has 0 aliphatic carbocycles. The van der Waals surface area contributed by atoms with Gasteiger partial charge in [-0.25, -0.2) is 9.37 Å². The molecule has 4 rings (SSSR count). The molecule has 2 aromatic carbocycles. The molecule has 0 saturated heterocycles. The number of amides is 2. The van der Waals surface area contributed by atoms with E-state index in [1.165, 1.54) is 23.5 Å². The van der Waals surface area contributed by atoms with Crippen LogP contribution in [0.3, 0.4) is 0 Å². The molecule has 0 atom stereocenters. The van der Waals surface area contributed by atoms with Crippen molar-refractivity contribution in [1.82, 2.24) is 20.4 Å². The lowest BCUT2D eigenvalue weighted by Gasteiger charge is -2.10. The Morgan fingerprint density at radius 2 is 1.75 bits per heavy atom. The van der Waals surface area contributed by atoms with Crippen molar-refractivity contribution in [3.05, 3.63) is 86.9 Å². The highest BCUT2D eigenvalue weighted by Crippen LogP contribution is 2.28. The molecule has 4 aromatic rings. The third-order valence-corrected chi connectivity index (χ3v) is 6.07. The first-order chi connectivity index (χ1) is 15.4. The summed E-state index contributed by atoms with van der Waals surface area (Å²) in [7, 11) is 0. The van der Waals surface area contributed by atoms with Gasteiger partial charge in [0.05, 0.1) is 15.9 Å². The summed E-state index contributed by atoms with van der Waals surface area (Å²) in [6.45, 7) is 3.98. The fraction of sp³-hybridized carbons (Fsp3) is 0.130. The van der Waals surface area contributed by atoms with Crippen LogP contribution in [-0.4, -0.2) is 21.4 Å². The second kappa shape index (κ2) is 8.72. The van der Waals surface area contributed by atoms with Crippen molar-refractivity contribution < 1.29 is 14.0 Å². The minimum absolute atomic E-state index is 0.166. The fourth-order valence-corrected chi connectivity index (χ4v) is 4.21. The van der Waals surface area contributed by atoms with Crippen LogP contribution in [0.5, 0.6) is 0 Å². The van der Waals surface area contributed by atoms with E-state index in [-0.39, 0.29) is 11.4 Å². The summed E-state index contributed by atoms with van der Waals surface area (Å²) in [5.74, 6) is -1.31. The molecule has 0 bridgehead atoms. The van der Waals surface area contributed by atoms with Gasteiger partial charge in [-0.15, -0.1) is 11.3 Å². The summed E-state index contributed by atoms with van der Waals surface area (Å²) < 4.78 is 14.7. The van der Waals surface area contributed by atoms with E-state index in [9.17, 15) is 18.8 Å². The summed E-state index contributed by atoms with van der Waals surface area (Å²) in [5.41, 5.74) is 7.22. The Morgan fingerprint density at radius 3 is 2.47 bits per heavy atom. The van der Waals surface area contributed by atoms with Crippen LogP contribution >= 0.6 is 11.3 Å². The maximum absolute atomic E-state index is 13.1. The predicted octanol–water partition coefficient (Wildman–Crippen LogP) is 3.67. The molecular formula is C23H19FN4O3S. The minimum Gasteiger partial charge on any atom is -0.305 e. The molecule has 0 fully saturated rings. The monoisotopic (exact) mass is 450 g/mol. The normalized spacial score (nSPS) is 10.8. The molecule has 2 amide bonds. The van der Waals surface area contributed by atoms with Gasteiger partial charge in [-0.05, 0) is 61.9 Å². The Balaban J connectivity index is 1.47. The summed E-state index contributed by atoms with van der Waals surface area (Å²) in [5, 5.41) is 0. The van der Waals surface area contributed by atoms with Crippen LogP contribution in [0.2, 0.25) is 0 Å². The number of thiophene rings is 1. The molecule has 0 aliphatic rings. The molecular weight excluding hydrogens is 431 g/mol. The van der Waals surface area contributed by atoms with Crippen LogP contribution < -0.4 is 16.4 Å². The molecule has 2 heterocycles. The van der Waals surface area contributed by atoms with Gasteiger partial charge >= 0.3 is 0 Å². The number of hydrogen-bond acceptors (Lipinski definition) is 5. The Kier molecular flexibility index (Phi) is 5.83. The number of benzene rings is 2. The maximum Gasteiger partial charge on any atom is 0.279 e. The van der Waals surface area contributed by atoms with Crippen LogP contribution in [0.15, 0.2) is 59.4 Å². The van der Waals surface area contributed by atoms with Crippen LogP contribution in [-0.2, 0) is 6.54 Å². The van der Waals surface area contributed by atoms with E-state index < -0.39 is 11.8 Å². The van der Waals surface area contributed by atoms with Gasteiger partial charge in [0.15, 0.2) is 0 Å². The molecule has 162 valence electrons. The van der Waals surface area contributed by atoms with E-state index in [2.05, 4.69) is 15.8 Å². The molecule has 0 unspecified atom stereocenters. The number of aromatic nitrogens is 2. The van der Waals surface area contributed by atoms with Gasteiger partial charge in [-0.2, -0.15) is 0 Å². The van der Waals surface area contributed by atoms with Gasteiger partial charge in [-0.1, -0.05) is 12.1 Å². The van der Waals surface area contributed by atoms with E-state index in [0.29, 0.717) is 33.7 Å². The molecule has 2 aromatic heterocycles. The SMILES string of the molecule is CCn1c(=O)c(C)nc2cc(C(=O)NNC(=O)c3ccc(-c4ccc(F)cc4)s3)ccc21. The Labute approximate surface area is 186 Å². The number of carbonyl (C=O) groups excluding carboxylic acids is 2. The van der Waals surface area contributed by atoms with E-state index in [1.54, 1.807) is 54.0 Å².